The van der Waals surface area contributed by atoms with Crippen molar-refractivity contribution in [3.63, 3.8) is 0 Å². The normalized spacial score (nSPS) is 13.4. The number of hydrogen-bond donors (Lipinski definition) is 1. The maximum absolute atomic E-state index is 10.7. The first-order chi connectivity index (χ1) is 6.77. The summed E-state index contributed by atoms with van der Waals surface area (Å²) in [4.78, 5) is 14.8. The van der Waals surface area contributed by atoms with Crippen molar-refractivity contribution in [2.75, 3.05) is 6.54 Å². The zero-order valence-electron chi connectivity index (χ0n) is 7.47. The molecule has 2 rings (SSSR count). The van der Waals surface area contributed by atoms with Gasteiger partial charge in [-0.3, -0.25) is 4.99 Å². The van der Waals surface area contributed by atoms with Crippen molar-refractivity contribution in [3.05, 3.63) is 34.2 Å². The van der Waals surface area contributed by atoms with Crippen LogP contribution in [0.1, 0.15) is 10.4 Å². The van der Waals surface area contributed by atoms with E-state index in [2.05, 4.69) is 4.99 Å². The lowest BCUT2D eigenvalue weighted by molar-refractivity contribution is 0.0697. The summed E-state index contributed by atoms with van der Waals surface area (Å²) < 4.78 is 0. The average Bonchev–Trinajstić information content (AvgIpc) is 2.41. The first kappa shape index (κ1) is 8.69. The topological polar surface area (TPSA) is 49.7 Å². The van der Waals surface area contributed by atoms with Crippen LogP contribution in [-0.4, -0.2) is 23.8 Å². The highest BCUT2D eigenvalue weighted by Crippen LogP contribution is 1.91. The molecule has 0 amide bonds. The highest BCUT2D eigenvalue weighted by Gasteiger charge is 2.01. The van der Waals surface area contributed by atoms with Crippen LogP contribution in [0.5, 0.6) is 0 Å². The SMILES string of the molecule is O=C(O)c1ccc2c(c1)=CCN=CC=2. The molecule has 70 valence electrons. The van der Waals surface area contributed by atoms with Crippen molar-refractivity contribution in [3.8, 4) is 0 Å². The molecule has 1 aliphatic rings. The summed E-state index contributed by atoms with van der Waals surface area (Å²) >= 11 is 0. The highest BCUT2D eigenvalue weighted by atomic mass is 16.4. The zero-order chi connectivity index (χ0) is 9.97. The summed E-state index contributed by atoms with van der Waals surface area (Å²) in [6, 6.07) is 5.07. The Morgan fingerprint density at radius 2 is 2.21 bits per heavy atom. The van der Waals surface area contributed by atoms with Crippen molar-refractivity contribution in [1.29, 1.82) is 0 Å². The van der Waals surface area contributed by atoms with E-state index in [9.17, 15) is 4.79 Å². The van der Waals surface area contributed by atoms with Gasteiger partial charge in [0.15, 0.2) is 0 Å². The largest absolute Gasteiger partial charge is 0.478 e. The summed E-state index contributed by atoms with van der Waals surface area (Å²) in [6.07, 6.45) is 5.54. The number of carbonyl (C=O) groups is 1. The first-order valence-electron chi connectivity index (χ1n) is 4.31. The molecular weight excluding hydrogens is 178 g/mol. The van der Waals surface area contributed by atoms with E-state index >= 15 is 0 Å². The van der Waals surface area contributed by atoms with E-state index in [0.717, 1.165) is 10.4 Å². The fraction of sp³-hybridized carbons (Fsp3) is 0.0909. The summed E-state index contributed by atoms with van der Waals surface area (Å²) in [5, 5.41) is 10.7. The molecule has 0 radical (unpaired) electrons. The second kappa shape index (κ2) is 3.46. The highest BCUT2D eigenvalue weighted by molar-refractivity contribution is 5.92. The van der Waals surface area contributed by atoms with Gasteiger partial charge in [0.2, 0.25) is 0 Å². The number of hydrogen-bond acceptors (Lipinski definition) is 2. The van der Waals surface area contributed by atoms with Crippen LogP contribution >= 0.6 is 0 Å². The molecule has 3 heteroatoms. The molecule has 0 unspecified atom stereocenters. The fourth-order valence-corrected chi connectivity index (χ4v) is 1.38. The van der Waals surface area contributed by atoms with Crippen LogP contribution in [0.15, 0.2) is 23.2 Å². The van der Waals surface area contributed by atoms with Crippen LogP contribution in [0.4, 0.5) is 0 Å². The van der Waals surface area contributed by atoms with Crippen molar-refractivity contribution < 1.29 is 9.90 Å². The van der Waals surface area contributed by atoms with Crippen LogP contribution < -0.4 is 10.4 Å². The Kier molecular flexibility index (Phi) is 2.14. The van der Waals surface area contributed by atoms with Crippen molar-refractivity contribution in [1.82, 2.24) is 0 Å². The summed E-state index contributed by atoms with van der Waals surface area (Å²) in [5.74, 6) is -0.897. The molecule has 1 aliphatic heterocycles. The molecule has 0 spiro atoms. The van der Waals surface area contributed by atoms with E-state index in [0.29, 0.717) is 12.1 Å². The minimum atomic E-state index is -0.897. The van der Waals surface area contributed by atoms with Gasteiger partial charge >= 0.3 is 5.97 Å². The predicted molar refractivity (Wildman–Crippen MR) is 54.9 cm³/mol. The number of benzene rings is 1. The summed E-state index contributed by atoms with van der Waals surface area (Å²) in [5.41, 5.74) is 0.315. The van der Waals surface area contributed by atoms with Crippen LogP contribution in [0.3, 0.4) is 0 Å². The maximum atomic E-state index is 10.7. The van der Waals surface area contributed by atoms with Gasteiger partial charge in [-0.25, -0.2) is 4.79 Å². The Bertz CT molecular complexity index is 515. The minimum absolute atomic E-state index is 0.315. The molecule has 0 bridgehead atoms. The molecule has 0 saturated heterocycles. The zero-order valence-corrected chi connectivity index (χ0v) is 7.47. The van der Waals surface area contributed by atoms with Gasteiger partial charge in [-0.1, -0.05) is 12.1 Å². The molecule has 1 heterocycles. The van der Waals surface area contributed by atoms with Gasteiger partial charge in [0.1, 0.15) is 0 Å². The smallest absolute Gasteiger partial charge is 0.335 e. The Labute approximate surface area is 80.7 Å². The molecule has 0 aromatic heterocycles. The van der Waals surface area contributed by atoms with Gasteiger partial charge in [-0.2, -0.15) is 0 Å². The number of aliphatic imine (C=N–C) groups is 1. The van der Waals surface area contributed by atoms with Gasteiger partial charge in [-0.15, -0.1) is 0 Å². The van der Waals surface area contributed by atoms with Crippen LogP contribution in [0.2, 0.25) is 0 Å². The van der Waals surface area contributed by atoms with Crippen LogP contribution in [-0.2, 0) is 0 Å². The van der Waals surface area contributed by atoms with Crippen LogP contribution in [0, 0.1) is 0 Å². The number of rotatable bonds is 1. The number of aromatic carboxylic acids is 1. The number of carboxylic acids is 1. The predicted octanol–water partition coefficient (Wildman–Crippen LogP) is 0.0302. The Balaban J connectivity index is 2.68. The van der Waals surface area contributed by atoms with E-state index < -0.39 is 5.97 Å². The molecule has 14 heavy (non-hydrogen) atoms. The third kappa shape index (κ3) is 1.57. The van der Waals surface area contributed by atoms with E-state index in [1.807, 2.05) is 12.2 Å². The monoisotopic (exact) mass is 187 g/mol. The molecule has 0 fully saturated rings. The Morgan fingerprint density at radius 3 is 3.00 bits per heavy atom. The van der Waals surface area contributed by atoms with Gasteiger partial charge < -0.3 is 5.11 Å². The molecule has 0 aliphatic carbocycles. The molecule has 0 saturated carbocycles. The van der Waals surface area contributed by atoms with Gasteiger partial charge in [0, 0.05) is 6.21 Å². The Morgan fingerprint density at radius 1 is 1.36 bits per heavy atom. The lowest BCUT2D eigenvalue weighted by atomic mass is 10.1. The molecule has 3 nitrogen and oxygen atoms in total. The second-order valence-electron chi connectivity index (χ2n) is 3.03. The van der Waals surface area contributed by atoms with Crippen molar-refractivity contribution >= 4 is 24.3 Å². The van der Waals surface area contributed by atoms with Gasteiger partial charge in [0.05, 0.1) is 12.1 Å². The van der Waals surface area contributed by atoms with Crippen molar-refractivity contribution in [2.24, 2.45) is 4.99 Å². The van der Waals surface area contributed by atoms with E-state index in [1.165, 1.54) is 0 Å². The summed E-state index contributed by atoms with van der Waals surface area (Å²) in [6.45, 7) is 0.604. The third-order valence-corrected chi connectivity index (χ3v) is 2.11. The van der Waals surface area contributed by atoms with Crippen molar-refractivity contribution in [2.45, 2.75) is 0 Å². The number of fused-ring (bicyclic) bond motifs is 1. The molecule has 1 aromatic carbocycles. The van der Waals surface area contributed by atoms with E-state index in [-0.39, 0.29) is 0 Å². The van der Waals surface area contributed by atoms with Crippen LogP contribution in [0.25, 0.3) is 12.2 Å². The van der Waals surface area contributed by atoms with E-state index in [1.54, 1.807) is 24.4 Å². The Hall–Kier alpha value is -1.90. The lowest BCUT2D eigenvalue weighted by Crippen LogP contribution is -2.25. The van der Waals surface area contributed by atoms with Gasteiger partial charge in [-0.05, 0) is 28.6 Å². The minimum Gasteiger partial charge on any atom is -0.478 e. The fourth-order valence-electron chi connectivity index (χ4n) is 1.38. The second-order valence-corrected chi connectivity index (χ2v) is 3.03. The van der Waals surface area contributed by atoms with E-state index in [4.69, 9.17) is 5.11 Å². The number of carboxylic acid groups (broad SMARTS) is 1. The lowest BCUT2D eigenvalue weighted by Gasteiger charge is -1.93. The van der Waals surface area contributed by atoms with Gasteiger partial charge in [0.25, 0.3) is 0 Å². The number of nitrogens with zero attached hydrogens (tertiary/aromatic N) is 1. The molecular formula is C11H9NO2. The maximum Gasteiger partial charge on any atom is 0.335 e. The quantitative estimate of drug-likeness (QED) is 0.674. The molecule has 1 aromatic rings. The average molecular weight is 187 g/mol. The first-order valence-corrected chi connectivity index (χ1v) is 4.31. The molecule has 1 N–H and O–H groups in total. The molecule has 0 atom stereocenters. The third-order valence-electron chi connectivity index (χ3n) is 2.11. The standard InChI is InChI=1S/C11H9NO2/c13-11(14)10-2-1-8-3-5-12-6-4-9(8)7-10/h1-5,7H,6H2,(H,13,14). The summed E-state index contributed by atoms with van der Waals surface area (Å²) in [7, 11) is 0.